The Morgan fingerprint density at radius 1 is 0.913 bits per heavy atom. The highest BCUT2D eigenvalue weighted by molar-refractivity contribution is 5.80. The first kappa shape index (κ1) is 17.2. The standard InChI is InChI=1S/C20H24O3/c1-19(2,3)15-10-6-7-12-17(15)23-18-14(13-21)9-8-11-16(18)20(4,5)22/h6-13,22H,1-5H3. The van der Waals surface area contributed by atoms with Crippen LogP contribution in [0.25, 0.3) is 0 Å². The first-order valence-electron chi connectivity index (χ1n) is 7.73. The van der Waals surface area contributed by atoms with E-state index in [4.69, 9.17) is 4.74 Å². The first-order valence-corrected chi connectivity index (χ1v) is 7.73. The van der Waals surface area contributed by atoms with Gasteiger partial charge in [0.1, 0.15) is 11.5 Å². The summed E-state index contributed by atoms with van der Waals surface area (Å²) in [4.78, 5) is 11.4. The van der Waals surface area contributed by atoms with Crippen molar-refractivity contribution in [3.63, 3.8) is 0 Å². The van der Waals surface area contributed by atoms with Gasteiger partial charge in [0.2, 0.25) is 0 Å². The van der Waals surface area contributed by atoms with E-state index in [0.717, 1.165) is 11.8 Å². The number of aldehydes is 1. The molecule has 0 atom stereocenters. The molecular weight excluding hydrogens is 288 g/mol. The maximum Gasteiger partial charge on any atom is 0.153 e. The van der Waals surface area contributed by atoms with Gasteiger partial charge in [0.15, 0.2) is 6.29 Å². The Morgan fingerprint density at radius 2 is 1.52 bits per heavy atom. The molecule has 3 nitrogen and oxygen atoms in total. The summed E-state index contributed by atoms with van der Waals surface area (Å²) in [5, 5.41) is 10.4. The van der Waals surface area contributed by atoms with Crippen LogP contribution < -0.4 is 4.74 Å². The topological polar surface area (TPSA) is 46.5 Å². The summed E-state index contributed by atoms with van der Waals surface area (Å²) < 4.78 is 6.12. The number of rotatable bonds is 4. The van der Waals surface area contributed by atoms with Crippen LogP contribution in [-0.4, -0.2) is 11.4 Å². The summed E-state index contributed by atoms with van der Waals surface area (Å²) in [6.45, 7) is 9.69. The number of hydrogen-bond acceptors (Lipinski definition) is 3. The zero-order chi connectivity index (χ0) is 17.3. The van der Waals surface area contributed by atoms with Crippen molar-refractivity contribution in [3.8, 4) is 11.5 Å². The van der Waals surface area contributed by atoms with Crippen molar-refractivity contribution in [2.24, 2.45) is 0 Å². The third-order valence-corrected chi connectivity index (χ3v) is 3.74. The highest BCUT2D eigenvalue weighted by atomic mass is 16.5. The molecule has 0 aliphatic heterocycles. The number of hydrogen-bond donors (Lipinski definition) is 1. The lowest BCUT2D eigenvalue weighted by atomic mass is 9.86. The third kappa shape index (κ3) is 3.80. The fourth-order valence-corrected chi connectivity index (χ4v) is 2.53. The van der Waals surface area contributed by atoms with Gasteiger partial charge in [-0.2, -0.15) is 0 Å². The van der Waals surface area contributed by atoms with E-state index in [0.29, 0.717) is 22.6 Å². The minimum absolute atomic E-state index is 0.0956. The van der Waals surface area contributed by atoms with Crippen molar-refractivity contribution >= 4 is 6.29 Å². The molecule has 0 unspecified atom stereocenters. The predicted molar refractivity (Wildman–Crippen MR) is 92.3 cm³/mol. The molecule has 0 saturated carbocycles. The molecule has 0 aromatic heterocycles. The normalized spacial score (nSPS) is 12.1. The van der Waals surface area contributed by atoms with Crippen LogP contribution in [0.2, 0.25) is 0 Å². The lowest BCUT2D eigenvalue weighted by Gasteiger charge is -2.26. The first-order chi connectivity index (χ1) is 10.6. The van der Waals surface area contributed by atoms with Crippen LogP contribution in [0.1, 0.15) is 56.1 Å². The maximum atomic E-state index is 11.4. The summed E-state index contributed by atoms with van der Waals surface area (Å²) >= 11 is 0. The van der Waals surface area contributed by atoms with Crippen molar-refractivity contribution in [3.05, 3.63) is 59.2 Å². The van der Waals surface area contributed by atoms with Gasteiger partial charge in [0.25, 0.3) is 0 Å². The molecule has 0 aliphatic rings. The second-order valence-corrected chi connectivity index (χ2v) is 7.25. The van der Waals surface area contributed by atoms with Gasteiger partial charge in [-0.05, 0) is 31.4 Å². The number of benzene rings is 2. The summed E-state index contributed by atoms with van der Waals surface area (Å²) in [5.74, 6) is 1.10. The fourth-order valence-electron chi connectivity index (χ4n) is 2.53. The van der Waals surface area contributed by atoms with Gasteiger partial charge in [0.05, 0.1) is 11.2 Å². The molecule has 2 rings (SSSR count). The molecule has 0 fully saturated rings. The van der Waals surface area contributed by atoms with Gasteiger partial charge in [-0.25, -0.2) is 0 Å². The van der Waals surface area contributed by atoms with Crippen LogP contribution >= 0.6 is 0 Å². The molecule has 0 amide bonds. The molecule has 23 heavy (non-hydrogen) atoms. The van der Waals surface area contributed by atoms with Gasteiger partial charge in [-0.3, -0.25) is 4.79 Å². The van der Waals surface area contributed by atoms with E-state index in [1.807, 2.05) is 24.3 Å². The SMILES string of the molecule is CC(C)(C)c1ccccc1Oc1c(C=O)cccc1C(C)(C)O. The monoisotopic (exact) mass is 312 g/mol. The quantitative estimate of drug-likeness (QED) is 0.824. The molecule has 1 N–H and O–H groups in total. The average molecular weight is 312 g/mol. The van der Waals surface area contributed by atoms with Crippen LogP contribution in [0.15, 0.2) is 42.5 Å². The molecule has 2 aromatic rings. The fraction of sp³-hybridized carbons (Fsp3) is 0.350. The van der Waals surface area contributed by atoms with E-state index in [-0.39, 0.29) is 5.41 Å². The Kier molecular flexibility index (Phi) is 4.62. The smallest absolute Gasteiger partial charge is 0.153 e. The zero-order valence-electron chi connectivity index (χ0n) is 14.4. The van der Waals surface area contributed by atoms with Crippen LogP contribution in [0, 0.1) is 0 Å². The number of carbonyl (C=O) groups is 1. The third-order valence-electron chi connectivity index (χ3n) is 3.74. The molecule has 3 heteroatoms. The van der Waals surface area contributed by atoms with Crippen LogP contribution in [-0.2, 0) is 11.0 Å². The largest absolute Gasteiger partial charge is 0.456 e. The van der Waals surface area contributed by atoms with Crippen molar-refractivity contribution in [2.45, 2.75) is 45.6 Å². The Labute approximate surface area is 137 Å². The molecule has 0 bridgehead atoms. The van der Waals surface area contributed by atoms with Crippen LogP contribution in [0.4, 0.5) is 0 Å². The van der Waals surface area contributed by atoms with Crippen molar-refractivity contribution in [1.82, 2.24) is 0 Å². The zero-order valence-corrected chi connectivity index (χ0v) is 14.4. The summed E-state index contributed by atoms with van der Waals surface area (Å²) in [6, 6.07) is 13.0. The molecule has 2 aromatic carbocycles. The molecule has 0 aliphatic carbocycles. The van der Waals surface area contributed by atoms with Crippen LogP contribution in [0.5, 0.6) is 11.5 Å². The van der Waals surface area contributed by atoms with Gasteiger partial charge >= 0.3 is 0 Å². The Morgan fingerprint density at radius 3 is 2.09 bits per heavy atom. The molecule has 0 saturated heterocycles. The van der Waals surface area contributed by atoms with E-state index >= 15 is 0 Å². The summed E-state index contributed by atoms with van der Waals surface area (Å²) in [6.07, 6.45) is 0.754. The maximum absolute atomic E-state index is 11.4. The predicted octanol–water partition coefficient (Wildman–Crippen LogP) is 4.82. The van der Waals surface area contributed by atoms with E-state index < -0.39 is 5.60 Å². The summed E-state index contributed by atoms with van der Waals surface area (Å²) in [7, 11) is 0. The number of carbonyl (C=O) groups excluding carboxylic acids is 1. The Bertz CT molecular complexity index is 704. The van der Waals surface area contributed by atoms with Gasteiger partial charge < -0.3 is 9.84 Å². The van der Waals surface area contributed by atoms with Gasteiger partial charge in [0, 0.05) is 11.1 Å². The summed E-state index contributed by atoms with van der Waals surface area (Å²) in [5.41, 5.74) is 0.855. The Balaban J connectivity index is 2.60. The average Bonchev–Trinajstić information content (AvgIpc) is 2.45. The van der Waals surface area contributed by atoms with E-state index in [1.54, 1.807) is 32.0 Å². The molecule has 122 valence electrons. The minimum atomic E-state index is -1.11. The van der Waals surface area contributed by atoms with Gasteiger partial charge in [-0.15, -0.1) is 0 Å². The minimum Gasteiger partial charge on any atom is -0.456 e. The van der Waals surface area contributed by atoms with Crippen LogP contribution in [0.3, 0.4) is 0 Å². The van der Waals surface area contributed by atoms with E-state index in [2.05, 4.69) is 20.8 Å². The Hall–Kier alpha value is -2.13. The second kappa shape index (κ2) is 6.17. The lowest BCUT2D eigenvalue weighted by molar-refractivity contribution is 0.0761. The highest BCUT2D eigenvalue weighted by Gasteiger charge is 2.25. The number of para-hydroxylation sites is 2. The lowest BCUT2D eigenvalue weighted by Crippen LogP contribution is -2.18. The van der Waals surface area contributed by atoms with E-state index in [9.17, 15) is 9.90 Å². The van der Waals surface area contributed by atoms with Crippen molar-refractivity contribution in [2.75, 3.05) is 0 Å². The highest BCUT2D eigenvalue weighted by Crippen LogP contribution is 2.39. The molecular formula is C20H24O3. The molecule has 0 radical (unpaired) electrons. The second-order valence-electron chi connectivity index (χ2n) is 7.25. The molecule has 0 heterocycles. The van der Waals surface area contributed by atoms with E-state index in [1.165, 1.54) is 0 Å². The molecule has 0 spiro atoms. The number of ether oxygens (including phenoxy) is 1. The van der Waals surface area contributed by atoms with Crippen molar-refractivity contribution < 1.29 is 14.6 Å². The van der Waals surface area contributed by atoms with Gasteiger partial charge in [-0.1, -0.05) is 51.1 Å². The van der Waals surface area contributed by atoms with Crippen molar-refractivity contribution in [1.29, 1.82) is 0 Å². The number of aliphatic hydroxyl groups is 1.